The summed E-state index contributed by atoms with van der Waals surface area (Å²) in [6, 6.07) is 21.6. The van der Waals surface area contributed by atoms with Crippen LogP contribution in [0.3, 0.4) is 0 Å². The molecule has 3 aromatic carbocycles. The van der Waals surface area contributed by atoms with E-state index in [0.29, 0.717) is 6.54 Å². The van der Waals surface area contributed by atoms with Crippen molar-refractivity contribution in [3.63, 3.8) is 0 Å². The van der Waals surface area contributed by atoms with Gasteiger partial charge >= 0.3 is 0 Å². The molecule has 0 bridgehead atoms. The van der Waals surface area contributed by atoms with Gasteiger partial charge in [0.25, 0.3) is 0 Å². The number of fused-ring (bicyclic) bond motifs is 4. The van der Waals surface area contributed by atoms with E-state index in [9.17, 15) is 0 Å². The maximum absolute atomic E-state index is 5.74. The lowest BCUT2D eigenvalue weighted by Gasteiger charge is -2.12. The number of benzene rings is 3. The monoisotopic (exact) mass is 417 g/mol. The number of aromatic nitrogens is 4. The van der Waals surface area contributed by atoms with E-state index in [1.54, 1.807) is 0 Å². The van der Waals surface area contributed by atoms with Crippen molar-refractivity contribution in [3.8, 4) is 16.8 Å². The van der Waals surface area contributed by atoms with Crippen LogP contribution in [-0.2, 0) is 6.42 Å². The standard InChI is InChI=1S/C27H23N5/c1-17-12-18(8-10-28)2-7-26(17)32-16-31-25-15-30-24-6-4-20(14-22(24)27(25)32)19-3-5-23-21(13-19)9-11-29-23/h2-7,9,11-16,29H,8,10,28H2,1H3. The fraction of sp³-hybridized carbons (Fsp3) is 0.111. The summed E-state index contributed by atoms with van der Waals surface area (Å²) >= 11 is 0. The van der Waals surface area contributed by atoms with E-state index < -0.39 is 0 Å². The predicted octanol–water partition coefficient (Wildman–Crippen LogP) is 5.53. The predicted molar refractivity (Wildman–Crippen MR) is 131 cm³/mol. The van der Waals surface area contributed by atoms with Crippen molar-refractivity contribution in [3.05, 3.63) is 90.5 Å². The molecule has 0 fully saturated rings. The Balaban J connectivity index is 1.56. The SMILES string of the molecule is Cc1cc(CCN)ccc1-n1cnc2cnc3ccc(-c4ccc5[nH]ccc5c4)cc3c21. The second-order valence-electron chi connectivity index (χ2n) is 8.28. The molecule has 6 aromatic rings. The number of nitrogens with two attached hydrogens (primary N) is 1. The minimum absolute atomic E-state index is 0.653. The number of hydrogen-bond donors (Lipinski definition) is 2. The highest BCUT2D eigenvalue weighted by Crippen LogP contribution is 2.32. The van der Waals surface area contributed by atoms with Crippen molar-refractivity contribution in [2.24, 2.45) is 5.73 Å². The number of hydrogen-bond acceptors (Lipinski definition) is 3. The van der Waals surface area contributed by atoms with Crippen molar-refractivity contribution < 1.29 is 0 Å². The highest BCUT2D eigenvalue weighted by atomic mass is 15.1. The summed E-state index contributed by atoms with van der Waals surface area (Å²) in [5.74, 6) is 0. The fourth-order valence-electron chi connectivity index (χ4n) is 4.60. The summed E-state index contributed by atoms with van der Waals surface area (Å²) in [6.07, 6.45) is 6.61. The third-order valence-corrected chi connectivity index (χ3v) is 6.21. The first kappa shape index (κ1) is 18.8. The molecule has 3 heterocycles. The Morgan fingerprint density at radius 2 is 1.78 bits per heavy atom. The first-order valence-electron chi connectivity index (χ1n) is 10.8. The van der Waals surface area contributed by atoms with Crippen LogP contribution in [0.2, 0.25) is 0 Å². The molecule has 0 unspecified atom stereocenters. The molecule has 0 aliphatic carbocycles. The fourth-order valence-corrected chi connectivity index (χ4v) is 4.60. The third-order valence-electron chi connectivity index (χ3n) is 6.21. The molecule has 0 radical (unpaired) electrons. The molecular formula is C27H23N5. The van der Waals surface area contributed by atoms with Crippen LogP contribution in [0.25, 0.3) is 49.7 Å². The van der Waals surface area contributed by atoms with E-state index in [-0.39, 0.29) is 0 Å². The lowest BCUT2D eigenvalue weighted by atomic mass is 10.0. The molecule has 156 valence electrons. The number of nitrogens with zero attached hydrogens (tertiary/aromatic N) is 3. The Kier molecular flexibility index (Phi) is 4.30. The zero-order chi connectivity index (χ0) is 21.7. The number of rotatable bonds is 4. The van der Waals surface area contributed by atoms with E-state index in [1.807, 2.05) is 18.7 Å². The number of H-pyrrole nitrogens is 1. The second-order valence-corrected chi connectivity index (χ2v) is 8.28. The molecule has 0 saturated heterocycles. The Labute approximate surface area is 185 Å². The molecule has 0 aliphatic rings. The van der Waals surface area contributed by atoms with Gasteiger partial charge in [0.15, 0.2) is 0 Å². The van der Waals surface area contributed by atoms with Gasteiger partial charge in [0.05, 0.1) is 22.9 Å². The Hall–Kier alpha value is -3.96. The Morgan fingerprint density at radius 1 is 0.906 bits per heavy atom. The summed E-state index contributed by atoms with van der Waals surface area (Å²) in [5.41, 5.74) is 15.7. The van der Waals surface area contributed by atoms with Gasteiger partial charge in [-0.25, -0.2) is 4.98 Å². The molecule has 0 atom stereocenters. The van der Waals surface area contributed by atoms with Crippen LogP contribution in [0.5, 0.6) is 0 Å². The lowest BCUT2D eigenvalue weighted by molar-refractivity contribution is 0.962. The summed E-state index contributed by atoms with van der Waals surface area (Å²) in [6.45, 7) is 2.79. The van der Waals surface area contributed by atoms with Crippen molar-refractivity contribution in [2.45, 2.75) is 13.3 Å². The van der Waals surface area contributed by atoms with Gasteiger partial charge in [0, 0.05) is 17.1 Å². The van der Waals surface area contributed by atoms with Crippen LogP contribution in [0.4, 0.5) is 0 Å². The molecule has 3 aromatic heterocycles. The van der Waals surface area contributed by atoms with Crippen LogP contribution >= 0.6 is 0 Å². The van der Waals surface area contributed by atoms with E-state index in [4.69, 9.17) is 5.73 Å². The topological polar surface area (TPSA) is 72.5 Å². The Morgan fingerprint density at radius 3 is 2.66 bits per heavy atom. The van der Waals surface area contributed by atoms with Crippen molar-refractivity contribution in [2.75, 3.05) is 6.54 Å². The highest BCUT2D eigenvalue weighted by Gasteiger charge is 2.13. The number of imidazole rings is 1. The van der Waals surface area contributed by atoms with Gasteiger partial charge in [-0.15, -0.1) is 0 Å². The molecule has 5 nitrogen and oxygen atoms in total. The average molecular weight is 418 g/mol. The molecular weight excluding hydrogens is 394 g/mol. The summed E-state index contributed by atoms with van der Waals surface area (Å²) < 4.78 is 2.18. The normalized spacial score (nSPS) is 11.7. The van der Waals surface area contributed by atoms with Crippen LogP contribution in [0, 0.1) is 6.92 Å². The van der Waals surface area contributed by atoms with Gasteiger partial charge in [-0.2, -0.15) is 0 Å². The van der Waals surface area contributed by atoms with Crippen LogP contribution < -0.4 is 5.73 Å². The zero-order valence-corrected chi connectivity index (χ0v) is 17.8. The molecule has 0 spiro atoms. The smallest absolute Gasteiger partial charge is 0.108 e. The largest absolute Gasteiger partial charge is 0.361 e. The molecule has 5 heteroatoms. The highest BCUT2D eigenvalue weighted by molar-refractivity contribution is 6.04. The van der Waals surface area contributed by atoms with Crippen LogP contribution in [-0.4, -0.2) is 26.1 Å². The summed E-state index contributed by atoms with van der Waals surface area (Å²) in [4.78, 5) is 12.6. The maximum atomic E-state index is 5.74. The number of aryl methyl sites for hydroxylation is 1. The van der Waals surface area contributed by atoms with Gasteiger partial charge in [-0.1, -0.05) is 24.3 Å². The molecule has 3 N–H and O–H groups in total. The number of nitrogens with one attached hydrogen (secondary N) is 1. The number of aromatic amines is 1. The molecule has 0 amide bonds. The minimum atomic E-state index is 0.653. The first-order valence-corrected chi connectivity index (χ1v) is 10.8. The molecule has 6 rings (SSSR count). The second kappa shape index (κ2) is 7.32. The van der Waals surface area contributed by atoms with E-state index in [2.05, 4.69) is 87.1 Å². The van der Waals surface area contributed by atoms with E-state index >= 15 is 0 Å². The molecule has 0 saturated carbocycles. The van der Waals surface area contributed by atoms with Gasteiger partial charge in [-0.05, 0) is 83.9 Å². The van der Waals surface area contributed by atoms with Gasteiger partial charge in [-0.3, -0.25) is 9.55 Å². The van der Waals surface area contributed by atoms with Gasteiger partial charge in [0.2, 0.25) is 0 Å². The quantitative estimate of drug-likeness (QED) is 0.396. The van der Waals surface area contributed by atoms with Crippen molar-refractivity contribution in [1.29, 1.82) is 0 Å². The van der Waals surface area contributed by atoms with E-state index in [0.717, 1.165) is 45.1 Å². The van der Waals surface area contributed by atoms with Gasteiger partial charge in [0.1, 0.15) is 11.8 Å². The molecule has 32 heavy (non-hydrogen) atoms. The van der Waals surface area contributed by atoms with Crippen molar-refractivity contribution in [1.82, 2.24) is 19.5 Å². The van der Waals surface area contributed by atoms with Gasteiger partial charge < -0.3 is 10.7 Å². The Bertz CT molecular complexity index is 1610. The van der Waals surface area contributed by atoms with E-state index in [1.165, 1.54) is 22.1 Å². The average Bonchev–Trinajstić information content (AvgIpc) is 3.46. The summed E-state index contributed by atoms with van der Waals surface area (Å²) in [5, 5.41) is 2.30. The zero-order valence-electron chi connectivity index (χ0n) is 17.8. The maximum Gasteiger partial charge on any atom is 0.108 e. The molecule has 0 aliphatic heterocycles. The van der Waals surface area contributed by atoms with Crippen LogP contribution in [0.15, 0.2) is 79.4 Å². The minimum Gasteiger partial charge on any atom is -0.361 e. The lowest BCUT2D eigenvalue weighted by Crippen LogP contribution is -2.04. The van der Waals surface area contributed by atoms with Crippen LogP contribution in [0.1, 0.15) is 11.1 Å². The summed E-state index contributed by atoms with van der Waals surface area (Å²) in [7, 11) is 0. The van der Waals surface area contributed by atoms with Crippen molar-refractivity contribution >= 4 is 32.8 Å². The number of pyridine rings is 1. The third kappa shape index (κ3) is 2.98. The first-order chi connectivity index (χ1) is 15.7.